The van der Waals surface area contributed by atoms with Crippen LogP contribution in [0.15, 0.2) is 24.3 Å². The van der Waals surface area contributed by atoms with Crippen molar-refractivity contribution in [3.8, 4) is 5.75 Å². The Morgan fingerprint density at radius 2 is 2.35 bits per heavy atom. The molecule has 1 aliphatic heterocycles. The highest BCUT2D eigenvalue weighted by atomic mass is 32.1. The molecular weight excluding hydrogens is 268 g/mol. The van der Waals surface area contributed by atoms with E-state index in [1.807, 2.05) is 23.5 Å². The van der Waals surface area contributed by atoms with Crippen molar-refractivity contribution in [1.29, 1.82) is 0 Å². The predicted octanol–water partition coefficient (Wildman–Crippen LogP) is 3.11. The van der Waals surface area contributed by atoms with E-state index in [0.29, 0.717) is 0 Å². The van der Waals surface area contributed by atoms with Crippen molar-refractivity contribution in [2.75, 3.05) is 13.2 Å². The van der Waals surface area contributed by atoms with Crippen molar-refractivity contribution in [2.45, 2.75) is 32.7 Å². The van der Waals surface area contributed by atoms with E-state index in [-0.39, 0.29) is 0 Å². The Bertz CT molecular complexity index is 556. The molecule has 3 nitrogen and oxygen atoms in total. The molecule has 2 aromatic rings. The summed E-state index contributed by atoms with van der Waals surface area (Å²) in [7, 11) is 0. The third-order valence-electron chi connectivity index (χ3n) is 3.44. The highest BCUT2D eigenvalue weighted by molar-refractivity contribution is 7.11. The van der Waals surface area contributed by atoms with Crippen LogP contribution < -0.4 is 10.1 Å². The fourth-order valence-electron chi connectivity index (χ4n) is 2.40. The zero-order valence-corrected chi connectivity index (χ0v) is 12.6. The summed E-state index contributed by atoms with van der Waals surface area (Å²) in [6, 6.07) is 8.21. The lowest BCUT2D eigenvalue weighted by Crippen LogP contribution is -2.22. The van der Waals surface area contributed by atoms with Gasteiger partial charge in [-0.25, -0.2) is 4.98 Å². The van der Waals surface area contributed by atoms with Gasteiger partial charge >= 0.3 is 0 Å². The SMILES string of the molecule is Cc1cccc(OCCCc2nc3c(s2)CNCC3)c1. The van der Waals surface area contributed by atoms with Gasteiger partial charge in [0.1, 0.15) is 5.75 Å². The minimum atomic E-state index is 0.756. The second kappa shape index (κ2) is 6.37. The van der Waals surface area contributed by atoms with Gasteiger partial charge in [0.25, 0.3) is 0 Å². The van der Waals surface area contributed by atoms with E-state index in [0.717, 1.165) is 44.7 Å². The Morgan fingerprint density at radius 1 is 1.40 bits per heavy atom. The highest BCUT2D eigenvalue weighted by Gasteiger charge is 2.14. The summed E-state index contributed by atoms with van der Waals surface area (Å²) in [5.74, 6) is 0.965. The number of ether oxygens (including phenoxy) is 1. The molecule has 2 heterocycles. The largest absolute Gasteiger partial charge is 0.494 e. The molecule has 1 aromatic carbocycles. The van der Waals surface area contributed by atoms with Crippen molar-refractivity contribution in [2.24, 2.45) is 0 Å². The van der Waals surface area contributed by atoms with E-state index < -0.39 is 0 Å². The molecule has 0 unspecified atom stereocenters. The molecule has 106 valence electrons. The molecular formula is C16H20N2OS. The van der Waals surface area contributed by atoms with Gasteiger partial charge < -0.3 is 10.1 Å². The molecule has 0 saturated heterocycles. The molecule has 3 rings (SSSR count). The first-order chi connectivity index (χ1) is 9.81. The van der Waals surface area contributed by atoms with E-state index in [1.165, 1.54) is 21.1 Å². The van der Waals surface area contributed by atoms with Crippen LogP contribution in [0.2, 0.25) is 0 Å². The first kappa shape index (κ1) is 13.6. The fourth-order valence-corrected chi connectivity index (χ4v) is 3.53. The van der Waals surface area contributed by atoms with Gasteiger partial charge in [-0.3, -0.25) is 0 Å². The number of aromatic nitrogens is 1. The van der Waals surface area contributed by atoms with Crippen LogP contribution in [0.1, 0.15) is 27.6 Å². The summed E-state index contributed by atoms with van der Waals surface area (Å²) in [5.41, 5.74) is 2.55. The van der Waals surface area contributed by atoms with Crippen molar-refractivity contribution < 1.29 is 4.74 Å². The number of nitrogens with one attached hydrogen (secondary N) is 1. The highest BCUT2D eigenvalue weighted by Crippen LogP contribution is 2.22. The van der Waals surface area contributed by atoms with Gasteiger partial charge in [0, 0.05) is 30.8 Å². The summed E-state index contributed by atoms with van der Waals surface area (Å²) in [5, 5.41) is 4.65. The predicted molar refractivity (Wildman–Crippen MR) is 82.5 cm³/mol. The molecule has 0 amide bonds. The molecule has 0 radical (unpaired) electrons. The summed E-state index contributed by atoms with van der Waals surface area (Å²) < 4.78 is 5.78. The number of nitrogens with zero attached hydrogens (tertiary/aromatic N) is 1. The van der Waals surface area contributed by atoms with Gasteiger partial charge in [-0.1, -0.05) is 12.1 Å². The van der Waals surface area contributed by atoms with E-state index in [1.54, 1.807) is 0 Å². The van der Waals surface area contributed by atoms with Crippen LogP contribution in [0.5, 0.6) is 5.75 Å². The first-order valence-corrected chi connectivity index (χ1v) is 8.00. The lowest BCUT2D eigenvalue weighted by Gasteiger charge is -2.09. The summed E-state index contributed by atoms with van der Waals surface area (Å²) in [6.45, 7) is 4.90. The van der Waals surface area contributed by atoms with Gasteiger partial charge in [0.2, 0.25) is 0 Å². The van der Waals surface area contributed by atoms with Crippen LogP contribution in [0.25, 0.3) is 0 Å². The van der Waals surface area contributed by atoms with Crippen LogP contribution in [-0.4, -0.2) is 18.1 Å². The maximum absolute atomic E-state index is 5.78. The van der Waals surface area contributed by atoms with Crippen LogP contribution >= 0.6 is 11.3 Å². The zero-order chi connectivity index (χ0) is 13.8. The number of hydrogen-bond acceptors (Lipinski definition) is 4. The van der Waals surface area contributed by atoms with Gasteiger partial charge in [-0.2, -0.15) is 0 Å². The first-order valence-electron chi connectivity index (χ1n) is 7.19. The molecule has 0 fully saturated rings. The Balaban J connectivity index is 1.47. The van der Waals surface area contributed by atoms with Gasteiger partial charge in [0.05, 0.1) is 17.3 Å². The fraction of sp³-hybridized carbons (Fsp3) is 0.438. The summed E-state index contributed by atoms with van der Waals surface area (Å²) in [6.07, 6.45) is 3.11. The quantitative estimate of drug-likeness (QED) is 0.858. The number of benzene rings is 1. The molecule has 20 heavy (non-hydrogen) atoms. The molecule has 0 saturated carbocycles. The van der Waals surface area contributed by atoms with E-state index in [4.69, 9.17) is 9.72 Å². The zero-order valence-electron chi connectivity index (χ0n) is 11.8. The monoisotopic (exact) mass is 288 g/mol. The smallest absolute Gasteiger partial charge is 0.119 e. The number of fused-ring (bicyclic) bond motifs is 1. The molecule has 4 heteroatoms. The maximum Gasteiger partial charge on any atom is 0.119 e. The van der Waals surface area contributed by atoms with Gasteiger partial charge in [0.15, 0.2) is 0 Å². The average molecular weight is 288 g/mol. The maximum atomic E-state index is 5.78. The molecule has 1 N–H and O–H groups in total. The Morgan fingerprint density at radius 3 is 3.20 bits per heavy atom. The minimum absolute atomic E-state index is 0.756. The normalized spacial score (nSPS) is 14.1. The second-order valence-corrected chi connectivity index (χ2v) is 6.34. The van der Waals surface area contributed by atoms with E-state index in [9.17, 15) is 0 Å². The van der Waals surface area contributed by atoms with Crippen molar-refractivity contribution in [1.82, 2.24) is 10.3 Å². The number of aryl methyl sites for hydroxylation is 2. The standard InChI is InChI=1S/C16H20N2OS/c1-12-4-2-5-13(10-12)19-9-3-6-16-18-14-7-8-17-11-15(14)20-16/h2,4-5,10,17H,3,6-9,11H2,1H3. The third kappa shape index (κ3) is 3.38. The Hall–Kier alpha value is -1.39. The Labute approximate surface area is 124 Å². The summed E-state index contributed by atoms with van der Waals surface area (Å²) >= 11 is 1.85. The lowest BCUT2D eigenvalue weighted by molar-refractivity contribution is 0.311. The molecule has 1 aliphatic rings. The average Bonchev–Trinajstić information content (AvgIpc) is 2.86. The van der Waals surface area contributed by atoms with Crippen LogP contribution in [0, 0.1) is 6.92 Å². The van der Waals surface area contributed by atoms with Crippen LogP contribution in [0.4, 0.5) is 0 Å². The lowest BCUT2D eigenvalue weighted by atomic mass is 10.2. The topological polar surface area (TPSA) is 34.1 Å². The molecule has 0 bridgehead atoms. The van der Waals surface area contributed by atoms with E-state index >= 15 is 0 Å². The third-order valence-corrected chi connectivity index (χ3v) is 4.60. The number of hydrogen-bond donors (Lipinski definition) is 1. The van der Waals surface area contributed by atoms with Gasteiger partial charge in [-0.15, -0.1) is 11.3 Å². The minimum Gasteiger partial charge on any atom is -0.494 e. The van der Waals surface area contributed by atoms with Crippen LogP contribution in [0.3, 0.4) is 0 Å². The number of rotatable bonds is 5. The second-order valence-electron chi connectivity index (χ2n) is 5.17. The molecule has 0 aliphatic carbocycles. The molecule has 0 spiro atoms. The van der Waals surface area contributed by atoms with Gasteiger partial charge in [-0.05, 0) is 31.0 Å². The van der Waals surface area contributed by atoms with Crippen molar-refractivity contribution >= 4 is 11.3 Å². The van der Waals surface area contributed by atoms with E-state index in [2.05, 4.69) is 24.4 Å². The molecule has 1 aromatic heterocycles. The van der Waals surface area contributed by atoms with Crippen LogP contribution in [-0.2, 0) is 19.4 Å². The van der Waals surface area contributed by atoms with Crippen molar-refractivity contribution in [3.63, 3.8) is 0 Å². The Kier molecular flexibility index (Phi) is 4.33. The van der Waals surface area contributed by atoms with Crippen molar-refractivity contribution in [3.05, 3.63) is 45.4 Å². The summed E-state index contributed by atoms with van der Waals surface area (Å²) in [4.78, 5) is 6.15. The molecule has 0 atom stereocenters. The number of thiazole rings is 1.